The maximum atomic E-state index is 11.6. The minimum Gasteiger partial charge on any atom is -0.484 e. The number of anilines is 1. The molecule has 158 valence electrons. The number of aromatic nitrogens is 2. The summed E-state index contributed by atoms with van der Waals surface area (Å²) < 4.78 is 7.06. The van der Waals surface area contributed by atoms with Crippen molar-refractivity contribution >= 4 is 28.4 Å². The summed E-state index contributed by atoms with van der Waals surface area (Å²) in [7, 11) is 0. The number of ether oxygens (including phenoxy) is 1. The standard InChI is InChI=1S/C23H18N6O3/c24-11-16-21(14-5-7-15(8-6-14)32-13-20(31)27-9-10-30)17(12-25)23-28-18-3-1-2-4-19(18)29(23)22(16)26/h1-8,30H,9-10,13,26H2,(H,27,31). The van der Waals surface area contributed by atoms with E-state index in [-0.39, 0.29) is 42.6 Å². The number of aliphatic hydroxyl groups is 1. The Morgan fingerprint density at radius 2 is 1.84 bits per heavy atom. The number of rotatable bonds is 6. The molecule has 9 heteroatoms. The number of imidazole rings is 1. The van der Waals surface area contributed by atoms with E-state index in [0.717, 1.165) is 0 Å². The van der Waals surface area contributed by atoms with Crippen LogP contribution in [-0.4, -0.2) is 40.2 Å². The van der Waals surface area contributed by atoms with Crippen LogP contribution < -0.4 is 15.8 Å². The zero-order valence-electron chi connectivity index (χ0n) is 16.9. The van der Waals surface area contributed by atoms with Crippen molar-refractivity contribution in [2.24, 2.45) is 0 Å². The summed E-state index contributed by atoms with van der Waals surface area (Å²) >= 11 is 0. The van der Waals surface area contributed by atoms with Gasteiger partial charge in [0.15, 0.2) is 12.3 Å². The average Bonchev–Trinajstić information content (AvgIpc) is 3.21. The van der Waals surface area contributed by atoms with Crippen LogP contribution in [0, 0.1) is 22.7 Å². The van der Waals surface area contributed by atoms with Crippen molar-refractivity contribution in [2.45, 2.75) is 0 Å². The number of nitrogens with one attached hydrogen (secondary N) is 1. The molecule has 0 aliphatic rings. The molecule has 1 amide bonds. The van der Waals surface area contributed by atoms with Gasteiger partial charge in [-0.2, -0.15) is 10.5 Å². The highest BCUT2D eigenvalue weighted by molar-refractivity contribution is 5.92. The first kappa shape index (κ1) is 20.7. The monoisotopic (exact) mass is 426 g/mol. The van der Waals surface area contributed by atoms with Gasteiger partial charge < -0.3 is 20.9 Å². The van der Waals surface area contributed by atoms with Crippen molar-refractivity contribution in [3.8, 4) is 29.0 Å². The number of nitriles is 2. The van der Waals surface area contributed by atoms with Gasteiger partial charge in [-0.05, 0) is 29.8 Å². The minimum absolute atomic E-state index is 0.150. The van der Waals surface area contributed by atoms with Crippen molar-refractivity contribution in [3.05, 3.63) is 59.7 Å². The van der Waals surface area contributed by atoms with Gasteiger partial charge in [-0.1, -0.05) is 24.3 Å². The Kier molecular flexibility index (Phi) is 5.58. The summed E-state index contributed by atoms with van der Waals surface area (Å²) in [6.07, 6.45) is 0. The summed E-state index contributed by atoms with van der Waals surface area (Å²) in [6.45, 7) is -0.198. The Morgan fingerprint density at radius 3 is 2.53 bits per heavy atom. The molecule has 0 saturated carbocycles. The number of para-hydroxylation sites is 2. The smallest absolute Gasteiger partial charge is 0.258 e. The van der Waals surface area contributed by atoms with E-state index in [9.17, 15) is 15.3 Å². The molecule has 4 rings (SSSR count). The molecule has 32 heavy (non-hydrogen) atoms. The molecule has 2 aromatic heterocycles. The number of fused-ring (bicyclic) bond motifs is 3. The average molecular weight is 426 g/mol. The Morgan fingerprint density at radius 1 is 1.12 bits per heavy atom. The Hall–Kier alpha value is -4.60. The topological polar surface area (TPSA) is 149 Å². The van der Waals surface area contributed by atoms with E-state index in [4.69, 9.17) is 15.6 Å². The molecule has 0 saturated heterocycles. The first-order chi connectivity index (χ1) is 15.6. The first-order valence-corrected chi connectivity index (χ1v) is 9.72. The second-order valence-corrected chi connectivity index (χ2v) is 6.88. The number of nitrogens with two attached hydrogens (primary N) is 1. The molecule has 0 spiro atoms. The number of amides is 1. The number of pyridine rings is 1. The predicted molar refractivity (Wildman–Crippen MR) is 118 cm³/mol. The van der Waals surface area contributed by atoms with Crippen LogP contribution in [-0.2, 0) is 4.79 Å². The van der Waals surface area contributed by atoms with Crippen molar-refractivity contribution < 1.29 is 14.6 Å². The molecule has 0 aliphatic heterocycles. The zero-order valence-corrected chi connectivity index (χ0v) is 16.9. The molecule has 0 radical (unpaired) electrons. The molecule has 0 fully saturated rings. The predicted octanol–water partition coefficient (Wildman–Crippen LogP) is 1.97. The number of nitrogen functional groups attached to an aromatic ring is 1. The SMILES string of the molecule is N#Cc1c(-c2ccc(OCC(=O)NCCO)cc2)c(C#N)c2nc3ccccc3n2c1N. The van der Waals surface area contributed by atoms with E-state index < -0.39 is 0 Å². The fraction of sp³-hybridized carbons (Fsp3) is 0.130. The second kappa shape index (κ2) is 8.64. The van der Waals surface area contributed by atoms with Gasteiger partial charge in [0, 0.05) is 12.1 Å². The Bertz CT molecular complexity index is 1410. The van der Waals surface area contributed by atoms with E-state index in [1.165, 1.54) is 0 Å². The third-order valence-electron chi connectivity index (χ3n) is 4.95. The van der Waals surface area contributed by atoms with Gasteiger partial charge >= 0.3 is 0 Å². The van der Waals surface area contributed by atoms with Gasteiger partial charge in [0.1, 0.15) is 34.8 Å². The highest BCUT2D eigenvalue weighted by Gasteiger charge is 2.22. The third kappa shape index (κ3) is 3.54. The normalized spacial score (nSPS) is 10.6. The molecule has 0 atom stereocenters. The molecular formula is C23H18N6O3. The Labute approximate surface area is 182 Å². The lowest BCUT2D eigenvalue weighted by Gasteiger charge is -2.13. The number of hydrogen-bond donors (Lipinski definition) is 3. The van der Waals surface area contributed by atoms with E-state index in [0.29, 0.717) is 33.6 Å². The fourth-order valence-corrected chi connectivity index (χ4v) is 3.54. The first-order valence-electron chi connectivity index (χ1n) is 9.72. The van der Waals surface area contributed by atoms with Crippen LogP contribution in [0.5, 0.6) is 5.75 Å². The number of hydrogen-bond acceptors (Lipinski definition) is 7. The van der Waals surface area contributed by atoms with Crippen LogP contribution in [0.25, 0.3) is 27.8 Å². The van der Waals surface area contributed by atoms with E-state index >= 15 is 0 Å². The van der Waals surface area contributed by atoms with Gasteiger partial charge in [-0.25, -0.2) is 4.98 Å². The van der Waals surface area contributed by atoms with Crippen molar-refractivity contribution in [3.63, 3.8) is 0 Å². The molecule has 9 nitrogen and oxygen atoms in total. The minimum atomic E-state index is -0.355. The summed E-state index contributed by atoms with van der Waals surface area (Å²) in [5.74, 6) is 0.280. The van der Waals surface area contributed by atoms with Crippen molar-refractivity contribution in [1.82, 2.24) is 14.7 Å². The van der Waals surface area contributed by atoms with E-state index in [1.54, 1.807) is 28.7 Å². The van der Waals surface area contributed by atoms with Gasteiger partial charge in [-0.15, -0.1) is 0 Å². The van der Waals surface area contributed by atoms with Crippen molar-refractivity contribution in [1.29, 1.82) is 10.5 Å². The zero-order chi connectivity index (χ0) is 22.7. The molecule has 2 aromatic carbocycles. The van der Waals surface area contributed by atoms with E-state index in [1.807, 2.05) is 24.3 Å². The molecule has 0 bridgehead atoms. The number of benzene rings is 2. The second-order valence-electron chi connectivity index (χ2n) is 6.88. The van der Waals surface area contributed by atoms with Gasteiger partial charge in [-0.3, -0.25) is 9.20 Å². The van der Waals surface area contributed by atoms with Crippen LogP contribution in [0.3, 0.4) is 0 Å². The number of carbonyl (C=O) groups excluding carboxylic acids is 1. The Balaban J connectivity index is 1.77. The van der Waals surface area contributed by atoms with Gasteiger partial charge in [0.2, 0.25) is 0 Å². The van der Waals surface area contributed by atoms with Crippen molar-refractivity contribution in [2.75, 3.05) is 25.5 Å². The number of nitrogens with zero attached hydrogens (tertiary/aromatic N) is 4. The summed E-state index contributed by atoms with van der Waals surface area (Å²) in [5, 5.41) is 31.0. The third-order valence-corrected chi connectivity index (χ3v) is 4.95. The highest BCUT2D eigenvalue weighted by atomic mass is 16.5. The summed E-state index contributed by atoms with van der Waals surface area (Å²) in [4.78, 5) is 16.2. The van der Waals surface area contributed by atoms with Crippen LogP contribution in [0.4, 0.5) is 5.82 Å². The van der Waals surface area contributed by atoms with Gasteiger partial charge in [0.25, 0.3) is 5.91 Å². The molecule has 4 N–H and O–H groups in total. The fourth-order valence-electron chi connectivity index (χ4n) is 3.54. The molecule has 4 aromatic rings. The lowest BCUT2D eigenvalue weighted by Crippen LogP contribution is -2.31. The lowest BCUT2D eigenvalue weighted by atomic mass is 9.96. The molecule has 0 unspecified atom stereocenters. The quantitative estimate of drug-likeness (QED) is 0.426. The molecule has 2 heterocycles. The van der Waals surface area contributed by atoms with Crippen LogP contribution in [0.1, 0.15) is 11.1 Å². The van der Waals surface area contributed by atoms with Crippen LogP contribution in [0.2, 0.25) is 0 Å². The van der Waals surface area contributed by atoms with E-state index in [2.05, 4.69) is 22.4 Å². The highest BCUT2D eigenvalue weighted by Crippen LogP contribution is 2.36. The largest absolute Gasteiger partial charge is 0.484 e. The maximum Gasteiger partial charge on any atom is 0.258 e. The summed E-state index contributed by atoms with van der Waals surface area (Å²) in [5.41, 5.74) is 9.51. The van der Waals surface area contributed by atoms with Gasteiger partial charge in [0.05, 0.1) is 17.6 Å². The number of carbonyl (C=O) groups is 1. The summed E-state index contributed by atoms with van der Waals surface area (Å²) in [6, 6.07) is 18.3. The van der Waals surface area contributed by atoms with Crippen LogP contribution in [0.15, 0.2) is 48.5 Å². The molecule has 0 aliphatic carbocycles. The number of aliphatic hydroxyl groups excluding tert-OH is 1. The molecular weight excluding hydrogens is 408 g/mol. The lowest BCUT2D eigenvalue weighted by molar-refractivity contribution is -0.123. The van der Waals surface area contributed by atoms with Crippen LogP contribution >= 0.6 is 0 Å². The maximum absolute atomic E-state index is 11.6.